The zero-order valence-corrected chi connectivity index (χ0v) is 22.7. The minimum absolute atomic E-state index is 0.0636. The highest BCUT2D eigenvalue weighted by Gasteiger charge is 2.30. The van der Waals surface area contributed by atoms with Crippen LogP contribution in [-0.2, 0) is 34.6 Å². The smallest absolute Gasteiger partial charge is 0.308 e. The molecule has 3 amide bonds. The number of hydrogen-bond acceptors (Lipinski definition) is 7. The summed E-state index contributed by atoms with van der Waals surface area (Å²) in [6, 6.07) is 5.69. The largest absolute Gasteiger partial charge is 0.469 e. The Bertz CT molecular complexity index is 871. The lowest BCUT2D eigenvalue weighted by molar-refractivity contribution is -0.147. The molecule has 0 radical (unpaired) electrons. The maximum atomic E-state index is 12.2. The van der Waals surface area contributed by atoms with Gasteiger partial charge in [0.2, 0.25) is 17.7 Å². The third-order valence-electron chi connectivity index (χ3n) is 5.76. The van der Waals surface area contributed by atoms with Crippen LogP contribution in [0.4, 0.5) is 5.69 Å². The summed E-state index contributed by atoms with van der Waals surface area (Å²) in [5.41, 5.74) is 2.65. The van der Waals surface area contributed by atoms with Gasteiger partial charge in [-0.3, -0.25) is 24.5 Å². The fourth-order valence-electron chi connectivity index (χ4n) is 3.88. The summed E-state index contributed by atoms with van der Waals surface area (Å²) in [5.74, 6) is -1.78. The lowest BCUT2D eigenvalue weighted by atomic mass is 9.81. The molecule has 1 aromatic rings. The second-order valence-corrected chi connectivity index (χ2v) is 9.49. The highest BCUT2D eigenvalue weighted by atomic mass is 79.9. The van der Waals surface area contributed by atoms with Crippen LogP contribution in [0.1, 0.15) is 36.8 Å². The number of amides is 3. The van der Waals surface area contributed by atoms with Crippen molar-refractivity contribution in [2.45, 2.75) is 42.6 Å². The monoisotopic (exact) mass is 618 g/mol. The van der Waals surface area contributed by atoms with E-state index in [4.69, 9.17) is 4.74 Å². The molecule has 0 unspecified atom stereocenters. The predicted octanol–water partition coefficient (Wildman–Crippen LogP) is 1.53. The van der Waals surface area contributed by atoms with Crippen molar-refractivity contribution in [2.24, 2.45) is 11.8 Å². The number of benzene rings is 1. The fraction of sp³-hybridized carbons (Fsp3) is 0.565. The number of esters is 1. The number of hydrogen-bond donors (Lipinski definition) is 5. The van der Waals surface area contributed by atoms with E-state index in [1.54, 1.807) is 0 Å². The highest BCUT2D eigenvalue weighted by Crippen LogP contribution is 2.30. The van der Waals surface area contributed by atoms with Crippen molar-refractivity contribution in [3.63, 3.8) is 0 Å². The van der Waals surface area contributed by atoms with Crippen LogP contribution in [0.5, 0.6) is 0 Å². The maximum absolute atomic E-state index is 12.2. The van der Waals surface area contributed by atoms with Crippen LogP contribution in [0, 0.1) is 11.8 Å². The molecule has 0 bridgehead atoms. The number of ether oxygens (including phenoxy) is 1. The zero-order chi connectivity index (χ0) is 25.8. The molecule has 1 aliphatic rings. The van der Waals surface area contributed by atoms with Crippen molar-refractivity contribution in [1.82, 2.24) is 16.0 Å². The average molecular weight is 620 g/mol. The number of halogens is 2. The number of methoxy groups -OCH3 is 1. The summed E-state index contributed by atoms with van der Waals surface area (Å²) >= 11 is 6.79. The van der Waals surface area contributed by atoms with Crippen LogP contribution >= 0.6 is 31.9 Å². The number of anilines is 1. The molecule has 0 spiro atoms. The van der Waals surface area contributed by atoms with E-state index in [1.807, 2.05) is 18.2 Å². The van der Waals surface area contributed by atoms with Gasteiger partial charge in [0.1, 0.15) is 6.23 Å². The van der Waals surface area contributed by atoms with Crippen LogP contribution in [0.25, 0.3) is 0 Å². The minimum Gasteiger partial charge on any atom is -0.469 e. The molecule has 0 aliphatic heterocycles. The summed E-state index contributed by atoms with van der Waals surface area (Å²) < 4.78 is 4.76. The SMILES string of the molecule is COC(=O)C1CCC([C@@H](O)NCC(=O)NCC(=O)NCC(=O)Nc2cc(CBr)cc(CBr)c2)CC1. The molecule has 2 rings (SSSR count). The van der Waals surface area contributed by atoms with Crippen LogP contribution in [-0.4, -0.2) is 61.8 Å². The van der Waals surface area contributed by atoms with E-state index in [0.29, 0.717) is 42.0 Å². The van der Waals surface area contributed by atoms with Crippen LogP contribution in [0.2, 0.25) is 0 Å². The average Bonchev–Trinajstić information content (AvgIpc) is 2.88. The van der Waals surface area contributed by atoms with Crippen molar-refractivity contribution >= 4 is 61.2 Å². The summed E-state index contributed by atoms with van der Waals surface area (Å²) in [6.45, 7) is -0.686. The van der Waals surface area contributed by atoms with Gasteiger partial charge in [-0.05, 0) is 54.9 Å². The van der Waals surface area contributed by atoms with Crippen molar-refractivity contribution in [3.8, 4) is 0 Å². The Morgan fingerprint density at radius 2 is 1.46 bits per heavy atom. The Morgan fingerprint density at radius 3 is 2.00 bits per heavy atom. The number of alkyl halides is 2. The van der Waals surface area contributed by atoms with Crippen molar-refractivity contribution in [2.75, 3.05) is 32.1 Å². The standard InChI is InChI=1S/C23H32Br2N4O6/c1-35-23(34)17-4-2-16(3-5-17)22(33)28-12-20(31)26-11-19(30)27-13-21(32)29-18-7-14(9-24)6-15(8-18)10-25/h6-8,16-17,22,28,33H,2-5,9-13H2,1H3,(H,26,31)(H,27,30)(H,29,32)/t16?,17?,22-/m1/s1. The summed E-state index contributed by atoms with van der Waals surface area (Å²) in [6.07, 6.45) is 1.69. The van der Waals surface area contributed by atoms with Gasteiger partial charge in [-0.2, -0.15) is 0 Å². The van der Waals surface area contributed by atoms with Gasteiger partial charge in [0, 0.05) is 16.3 Å². The van der Waals surface area contributed by atoms with Gasteiger partial charge >= 0.3 is 5.97 Å². The van der Waals surface area contributed by atoms with Gasteiger partial charge in [-0.1, -0.05) is 37.9 Å². The van der Waals surface area contributed by atoms with E-state index in [9.17, 15) is 24.3 Å². The second-order valence-electron chi connectivity index (χ2n) is 8.37. The lowest BCUT2D eigenvalue weighted by Crippen LogP contribution is -2.46. The van der Waals surface area contributed by atoms with E-state index in [-0.39, 0.29) is 43.3 Å². The molecule has 5 N–H and O–H groups in total. The topological polar surface area (TPSA) is 146 Å². The Morgan fingerprint density at radius 1 is 0.914 bits per heavy atom. The molecular formula is C23H32Br2N4O6. The number of aliphatic hydroxyl groups is 1. The molecule has 10 nitrogen and oxygen atoms in total. The molecule has 1 atom stereocenters. The van der Waals surface area contributed by atoms with Gasteiger partial charge < -0.3 is 25.8 Å². The molecule has 1 aliphatic carbocycles. The predicted molar refractivity (Wildman–Crippen MR) is 138 cm³/mol. The van der Waals surface area contributed by atoms with Gasteiger partial charge in [-0.25, -0.2) is 0 Å². The van der Waals surface area contributed by atoms with Gasteiger partial charge in [-0.15, -0.1) is 0 Å². The molecule has 35 heavy (non-hydrogen) atoms. The van der Waals surface area contributed by atoms with Crippen LogP contribution in [0.3, 0.4) is 0 Å². The number of carbonyl (C=O) groups excluding carboxylic acids is 4. The van der Waals surface area contributed by atoms with Crippen molar-refractivity contribution in [3.05, 3.63) is 29.3 Å². The molecule has 194 valence electrons. The zero-order valence-electron chi connectivity index (χ0n) is 19.6. The van der Waals surface area contributed by atoms with E-state index in [2.05, 4.69) is 53.1 Å². The van der Waals surface area contributed by atoms with E-state index in [1.165, 1.54) is 7.11 Å². The lowest BCUT2D eigenvalue weighted by Gasteiger charge is -2.30. The highest BCUT2D eigenvalue weighted by molar-refractivity contribution is 9.08. The molecule has 1 fully saturated rings. The molecule has 1 aromatic carbocycles. The summed E-state index contributed by atoms with van der Waals surface area (Å²) in [7, 11) is 1.37. The second kappa shape index (κ2) is 15.2. The van der Waals surface area contributed by atoms with Crippen molar-refractivity contribution in [1.29, 1.82) is 0 Å². The first-order valence-corrected chi connectivity index (χ1v) is 13.6. The molecule has 1 saturated carbocycles. The van der Waals surface area contributed by atoms with Crippen LogP contribution < -0.4 is 21.3 Å². The first-order chi connectivity index (χ1) is 16.7. The third kappa shape index (κ3) is 10.2. The van der Waals surface area contributed by atoms with E-state index >= 15 is 0 Å². The summed E-state index contributed by atoms with van der Waals surface area (Å²) in [5, 5.41) is 22.0. The van der Waals surface area contributed by atoms with Crippen LogP contribution in [0.15, 0.2) is 18.2 Å². The first-order valence-electron chi connectivity index (χ1n) is 11.3. The fourth-order valence-corrected chi connectivity index (χ4v) is 4.53. The normalized spacial score (nSPS) is 18.3. The van der Waals surface area contributed by atoms with E-state index in [0.717, 1.165) is 11.1 Å². The number of rotatable bonds is 12. The molecular weight excluding hydrogens is 588 g/mol. The number of nitrogens with one attached hydrogen (secondary N) is 4. The maximum Gasteiger partial charge on any atom is 0.308 e. The Balaban J connectivity index is 1.63. The Labute approximate surface area is 221 Å². The third-order valence-corrected chi connectivity index (χ3v) is 7.06. The first kappa shape index (κ1) is 29.2. The van der Waals surface area contributed by atoms with Crippen molar-refractivity contribution < 1.29 is 29.0 Å². The Hall–Kier alpha value is -2.02. The summed E-state index contributed by atoms with van der Waals surface area (Å²) in [4.78, 5) is 47.7. The van der Waals surface area contributed by atoms with Gasteiger partial charge in [0.15, 0.2) is 0 Å². The molecule has 12 heteroatoms. The molecule has 0 heterocycles. The molecule has 0 saturated heterocycles. The number of carbonyl (C=O) groups is 4. The quantitative estimate of drug-likeness (QED) is 0.135. The van der Waals surface area contributed by atoms with E-state index < -0.39 is 18.0 Å². The Kier molecular flexibility index (Phi) is 12.7. The number of aliphatic hydroxyl groups excluding tert-OH is 1. The minimum atomic E-state index is -0.884. The van der Waals surface area contributed by atoms with Gasteiger partial charge in [0.25, 0.3) is 0 Å². The van der Waals surface area contributed by atoms with Gasteiger partial charge in [0.05, 0.1) is 32.7 Å². The molecule has 0 aromatic heterocycles.